The summed E-state index contributed by atoms with van der Waals surface area (Å²) in [5.74, 6) is 4.70. The van der Waals surface area contributed by atoms with Gasteiger partial charge in [-0.1, -0.05) is 48.2 Å². The Hall–Kier alpha value is -6.36. The number of amides is 2. The highest BCUT2D eigenvalue weighted by Gasteiger charge is 2.15. The van der Waals surface area contributed by atoms with Gasteiger partial charge in [0, 0.05) is 29.6 Å². The zero-order valence-electron chi connectivity index (χ0n) is 24.2. The van der Waals surface area contributed by atoms with E-state index in [0.717, 1.165) is 11.6 Å². The number of fused-ring (bicyclic) bond motifs is 1. The molecule has 0 unspecified atom stereocenters. The summed E-state index contributed by atoms with van der Waals surface area (Å²) in [6.45, 7) is 0. The number of ether oxygens (including phenoxy) is 1. The van der Waals surface area contributed by atoms with Crippen LogP contribution in [0.4, 0.5) is 0 Å². The van der Waals surface area contributed by atoms with E-state index >= 15 is 0 Å². The van der Waals surface area contributed by atoms with E-state index in [-0.39, 0.29) is 27.8 Å². The van der Waals surface area contributed by atoms with E-state index in [1.807, 2.05) is 30.3 Å². The minimum absolute atomic E-state index is 0.103. The molecule has 4 N–H and O–H groups in total. The van der Waals surface area contributed by atoms with Crippen molar-refractivity contribution in [2.45, 2.75) is 0 Å². The van der Waals surface area contributed by atoms with Crippen LogP contribution in [0.5, 0.6) is 5.75 Å². The van der Waals surface area contributed by atoms with E-state index in [2.05, 4.69) is 37.9 Å². The van der Waals surface area contributed by atoms with Crippen molar-refractivity contribution >= 4 is 47.8 Å². The molecule has 5 aromatic rings. The number of carbonyl (C=O) groups excluding carboxylic acids is 2. The number of aromatic nitrogens is 1. The lowest BCUT2D eigenvalue weighted by atomic mass is 9.79. The number of rotatable bonds is 8. The highest BCUT2D eigenvalue weighted by molar-refractivity contribution is 6.58. The van der Waals surface area contributed by atoms with Crippen molar-refractivity contribution in [3.8, 4) is 17.6 Å². The molecule has 0 aliphatic heterocycles. The standard InChI is InChI=1S/C33H24BN5O7/c1-45-28-8-5-9-29-31(28)27(40)16-30(46-29)33(42)39-37-19-24-12-23(14-26(15-24)34(43)44)18-36-38-32(41)25-13-22(17-35-20-25)11-10-21-6-3-2-4-7-21/h2-9,12-20,43-44H,1H3,(H,38,41)(H,39,42)/b36-18+,37-19+. The Bertz CT molecular complexity index is 2100. The van der Waals surface area contributed by atoms with Gasteiger partial charge in [-0.15, -0.1) is 0 Å². The first kappa shape index (κ1) is 31.1. The van der Waals surface area contributed by atoms with Crippen molar-refractivity contribution in [3.63, 3.8) is 0 Å². The lowest BCUT2D eigenvalue weighted by Gasteiger charge is -2.06. The summed E-state index contributed by atoms with van der Waals surface area (Å²) in [6.07, 6.45) is 5.46. The van der Waals surface area contributed by atoms with Gasteiger partial charge in [0.25, 0.3) is 5.91 Å². The summed E-state index contributed by atoms with van der Waals surface area (Å²) < 4.78 is 10.7. The van der Waals surface area contributed by atoms with Gasteiger partial charge in [-0.25, -0.2) is 10.9 Å². The first-order chi connectivity index (χ1) is 22.3. The van der Waals surface area contributed by atoms with E-state index in [4.69, 9.17) is 9.15 Å². The summed E-state index contributed by atoms with van der Waals surface area (Å²) in [4.78, 5) is 41.9. The Labute approximate surface area is 262 Å². The molecule has 46 heavy (non-hydrogen) atoms. The number of pyridine rings is 1. The molecule has 13 heteroatoms. The van der Waals surface area contributed by atoms with Crippen molar-refractivity contribution in [2.24, 2.45) is 10.2 Å². The normalized spacial score (nSPS) is 10.8. The average Bonchev–Trinajstić information content (AvgIpc) is 3.07. The number of nitrogens with zero attached hydrogens (tertiary/aromatic N) is 3. The zero-order chi connectivity index (χ0) is 32.5. The van der Waals surface area contributed by atoms with Crippen LogP contribution in [-0.4, -0.2) is 53.5 Å². The van der Waals surface area contributed by atoms with Crippen molar-refractivity contribution in [1.82, 2.24) is 15.8 Å². The van der Waals surface area contributed by atoms with Crippen LogP contribution in [0.1, 0.15) is 43.2 Å². The summed E-state index contributed by atoms with van der Waals surface area (Å²) in [5.41, 5.74) is 6.83. The maximum atomic E-state index is 12.7. The molecule has 0 radical (unpaired) electrons. The molecule has 0 aliphatic rings. The maximum Gasteiger partial charge on any atom is 0.488 e. The minimum atomic E-state index is -1.82. The Morgan fingerprint density at radius 2 is 1.57 bits per heavy atom. The minimum Gasteiger partial charge on any atom is -0.496 e. The molecule has 2 amide bonds. The van der Waals surface area contributed by atoms with Gasteiger partial charge in [0.05, 0.1) is 25.1 Å². The molecule has 2 aromatic heterocycles. The van der Waals surface area contributed by atoms with Gasteiger partial charge in [-0.3, -0.25) is 19.4 Å². The van der Waals surface area contributed by atoms with Gasteiger partial charge >= 0.3 is 13.0 Å². The van der Waals surface area contributed by atoms with Crippen LogP contribution in [0.25, 0.3) is 11.0 Å². The average molecular weight is 613 g/mol. The van der Waals surface area contributed by atoms with E-state index < -0.39 is 24.4 Å². The molecule has 12 nitrogen and oxygen atoms in total. The first-order valence-electron chi connectivity index (χ1n) is 13.6. The quantitative estimate of drug-likeness (QED) is 0.0887. The third-order valence-corrected chi connectivity index (χ3v) is 6.34. The molecular weight excluding hydrogens is 589 g/mol. The summed E-state index contributed by atoms with van der Waals surface area (Å²) in [7, 11) is -0.400. The Morgan fingerprint density at radius 1 is 0.870 bits per heavy atom. The van der Waals surface area contributed by atoms with Crippen LogP contribution < -0.4 is 26.5 Å². The largest absolute Gasteiger partial charge is 0.496 e. The van der Waals surface area contributed by atoms with Crippen molar-refractivity contribution in [2.75, 3.05) is 7.11 Å². The molecule has 0 spiro atoms. The first-order valence-corrected chi connectivity index (χ1v) is 13.6. The molecule has 2 heterocycles. The van der Waals surface area contributed by atoms with Crippen LogP contribution in [0.3, 0.4) is 0 Å². The van der Waals surface area contributed by atoms with Gasteiger partial charge in [0.1, 0.15) is 16.7 Å². The smallest absolute Gasteiger partial charge is 0.488 e. The van der Waals surface area contributed by atoms with Crippen LogP contribution in [-0.2, 0) is 0 Å². The van der Waals surface area contributed by atoms with E-state index in [9.17, 15) is 24.4 Å². The van der Waals surface area contributed by atoms with Crippen LogP contribution in [0.2, 0.25) is 0 Å². The monoisotopic (exact) mass is 613 g/mol. The molecule has 0 saturated carbocycles. The van der Waals surface area contributed by atoms with Crippen molar-refractivity contribution in [3.05, 3.63) is 135 Å². The number of carbonyl (C=O) groups is 2. The van der Waals surface area contributed by atoms with Crippen molar-refractivity contribution < 1.29 is 28.8 Å². The molecule has 0 aliphatic carbocycles. The maximum absolute atomic E-state index is 12.7. The van der Waals surface area contributed by atoms with Gasteiger partial charge in [-0.2, -0.15) is 10.2 Å². The Morgan fingerprint density at radius 3 is 2.26 bits per heavy atom. The fourth-order valence-corrected chi connectivity index (χ4v) is 4.21. The highest BCUT2D eigenvalue weighted by Crippen LogP contribution is 2.22. The van der Waals surface area contributed by atoms with Gasteiger partial charge < -0.3 is 19.2 Å². The summed E-state index contributed by atoms with van der Waals surface area (Å²) in [6, 6.07) is 21.2. The van der Waals surface area contributed by atoms with Crippen LogP contribution in [0.15, 0.2) is 111 Å². The molecule has 3 aromatic carbocycles. The summed E-state index contributed by atoms with van der Waals surface area (Å²) in [5, 5.41) is 27.5. The molecule has 0 atom stereocenters. The second kappa shape index (κ2) is 14.4. The summed E-state index contributed by atoms with van der Waals surface area (Å²) >= 11 is 0. The lowest BCUT2D eigenvalue weighted by molar-refractivity contribution is 0.0926. The number of hydrogen-bond acceptors (Lipinski definition) is 10. The Balaban J connectivity index is 1.26. The Kier molecular flexibility index (Phi) is 9.74. The topological polar surface area (TPSA) is 176 Å². The third kappa shape index (κ3) is 7.77. The molecular formula is C33H24BN5O7. The van der Waals surface area contributed by atoms with Gasteiger partial charge in [0.15, 0.2) is 11.2 Å². The van der Waals surface area contributed by atoms with E-state index in [1.165, 1.54) is 43.9 Å². The van der Waals surface area contributed by atoms with Gasteiger partial charge in [0.2, 0.25) is 0 Å². The molecule has 0 bridgehead atoms. The molecule has 5 rings (SSSR count). The number of hydrogen-bond donors (Lipinski definition) is 4. The predicted molar refractivity (Wildman–Crippen MR) is 172 cm³/mol. The number of hydrazone groups is 2. The lowest BCUT2D eigenvalue weighted by Crippen LogP contribution is -2.30. The fourth-order valence-electron chi connectivity index (χ4n) is 4.21. The molecule has 0 fully saturated rings. The van der Waals surface area contributed by atoms with E-state index in [0.29, 0.717) is 22.4 Å². The molecule has 0 saturated heterocycles. The van der Waals surface area contributed by atoms with Crippen LogP contribution in [0, 0.1) is 11.8 Å². The number of methoxy groups -OCH3 is 1. The zero-order valence-corrected chi connectivity index (χ0v) is 24.2. The fraction of sp³-hybridized carbons (Fsp3) is 0.0303. The van der Waals surface area contributed by atoms with Gasteiger partial charge in [-0.05, 0) is 53.0 Å². The number of nitrogens with one attached hydrogen (secondary N) is 2. The second-order valence-corrected chi connectivity index (χ2v) is 9.59. The predicted octanol–water partition coefficient (Wildman–Crippen LogP) is 1.80. The van der Waals surface area contributed by atoms with E-state index in [1.54, 1.807) is 30.5 Å². The van der Waals surface area contributed by atoms with Crippen molar-refractivity contribution in [1.29, 1.82) is 0 Å². The third-order valence-electron chi connectivity index (χ3n) is 6.34. The number of benzene rings is 3. The highest BCUT2D eigenvalue weighted by atomic mass is 16.5. The van der Waals surface area contributed by atoms with Crippen LogP contribution >= 0.6 is 0 Å². The second-order valence-electron chi connectivity index (χ2n) is 9.59. The molecule has 226 valence electrons. The SMILES string of the molecule is COc1cccc2oc(C(=O)N/N=C/c3cc(/C=N/NC(=O)c4cncc(C#Cc5ccccc5)c4)cc(B(O)O)c3)cc(=O)c12.